The first kappa shape index (κ1) is 18.4. The number of ketones is 1. The maximum absolute atomic E-state index is 12.1. The fourth-order valence-electron chi connectivity index (χ4n) is 2.23. The van der Waals surface area contributed by atoms with E-state index >= 15 is 0 Å². The molecule has 0 aliphatic carbocycles. The molecule has 0 saturated heterocycles. The van der Waals surface area contributed by atoms with Gasteiger partial charge >= 0.3 is 5.97 Å². The molecular weight excluding hydrogens is 302 g/mol. The summed E-state index contributed by atoms with van der Waals surface area (Å²) in [5.74, 6) is -1.35. The smallest absolute Gasteiger partial charge is 0.326 e. The van der Waals surface area contributed by atoms with Crippen molar-refractivity contribution < 1.29 is 19.5 Å². The lowest BCUT2D eigenvalue weighted by atomic mass is 10.0. The maximum atomic E-state index is 12.1. The van der Waals surface area contributed by atoms with Gasteiger partial charge in [-0.15, -0.1) is 11.3 Å². The van der Waals surface area contributed by atoms with Gasteiger partial charge in [-0.2, -0.15) is 0 Å². The average molecular weight is 325 g/mol. The molecule has 1 aromatic rings. The molecule has 0 bridgehead atoms. The largest absolute Gasteiger partial charge is 0.480 e. The molecule has 0 aliphatic heterocycles. The van der Waals surface area contributed by atoms with E-state index in [2.05, 4.69) is 5.32 Å². The van der Waals surface area contributed by atoms with Crippen molar-refractivity contribution in [3.63, 3.8) is 0 Å². The van der Waals surface area contributed by atoms with Gasteiger partial charge in [0.1, 0.15) is 6.04 Å². The monoisotopic (exact) mass is 325 g/mol. The lowest BCUT2D eigenvalue weighted by Gasteiger charge is -2.16. The van der Waals surface area contributed by atoms with E-state index in [1.54, 1.807) is 11.3 Å². The predicted molar refractivity (Wildman–Crippen MR) is 86.4 cm³/mol. The molecule has 0 aromatic carbocycles. The molecule has 22 heavy (non-hydrogen) atoms. The second kappa shape index (κ2) is 8.08. The van der Waals surface area contributed by atoms with Crippen molar-refractivity contribution in [1.82, 2.24) is 5.32 Å². The van der Waals surface area contributed by atoms with Crippen molar-refractivity contribution in [3.8, 4) is 0 Å². The summed E-state index contributed by atoms with van der Waals surface area (Å²) in [6.07, 6.45) is 0.476. The summed E-state index contributed by atoms with van der Waals surface area (Å²) in [7, 11) is 0. The van der Waals surface area contributed by atoms with E-state index in [-0.39, 0.29) is 24.5 Å². The van der Waals surface area contributed by atoms with Gasteiger partial charge in [-0.25, -0.2) is 4.79 Å². The van der Waals surface area contributed by atoms with E-state index in [9.17, 15) is 14.4 Å². The number of Topliss-reactive ketones (excluding diaryl/α,β-unsaturated/α-hetero) is 1. The highest BCUT2D eigenvalue weighted by atomic mass is 32.1. The first-order chi connectivity index (χ1) is 10.2. The molecule has 1 heterocycles. The summed E-state index contributed by atoms with van der Waals surface area (Å²) in [5.41, 5.74) is 0.660. The van der Waals surface area contributed by atoms with Gasteiger partial charge in [0.15, 0.2) is 5.78 Å². The number of carbonyl (C=O) groups excluding carboxylic acids is 2. The Hall–Kier alpha value is -1.69. The number of nitrogens with one attached hydrogen (secondary N) is 1. The average Bonchev–Trinajstić information content (AvgIpc) is 2.73. The number of carbonyl (C=O) groups is 3. The van der Waals surface area contributed by atoms with E-state index in [0.29, 0.717) is 12.0 Å². The Morgan fingerprint density at radius 1 is 1.23 bits per heavy atom. The molecular formula is C16H23NO4S. The number of aryl methyl sites for hydroxylation is 2. The number of aliphatic carboxylic acids is 1. The number of hydrogen-bond acceptors (Lipinski definition) is 4. The Morgan fingerprint density at radius 3 is 2.32 bits per heavy atom. The molecule has 0 radical (unpaired) electrons. The second-order valence-corrected chi connectivity index (χ2v) is 7.30. The Balaban J connectivity index is 2.53. The molecule has 1 unspecified atom stereocenters. The van der Waals surface area contributed by atoms with Crippen LogP contribution in [0.2, 0.25) is 0 Å². The van der Waals surface area contributed by atoms with Crippen LogP contribution in [0.15, 0.2) is 6.07 Å². The Bertz CT molecular complexity index is 562. The second-order valence-electron chi connectivity index (χ2n) is 5.84. The number of carboxylic acids is 1. The summed E-state index contributed by atoms with van der Waals surface area (Å²) in [5, 5.41) is 11.6. The van der Waals surface area contributed by atoms with Crippen LogP contribution in [-0.4, -0.2) is 28.8 Å². The van der Waals surface area contributed by atoms with Gasteiger partial charge in [-0.3, -0.25) is 9.59 Å². The van der Waals surface area contributed by atoms with Gasteiger partial charge in [-0.1, -0.05) is 13.8 Å². The van der Waals surface area contributed by atoms with Crippen LogP contribution in [0.1, 0.15) is 53.2 Å². The minimum atomic E-state index is -1.04. The molecule has 0 spiro atoms. The van der Waals surface area contributed by atoms with Gasteiger partial charge in [0, 0.05) is 28.2 Å². The highest BCUT2D eigenvalue weighted by Crippen LogP contribution is 2.22. The standard InChI is InChI=1S/C16H23NO4S/c1-9(2)7-13(16(20)21)17-15(19)6-5-14(18)12-8-10(3)22-11(12)4/h8-9,13H,5-7H2,1-4H3,(H,17,19)(H,20,21). The molecule has 0 saturated carbocycles. The molecule has 0 fully saturated rings. The third-order valence-corrected chi connectivity index (χ3v) is 4.23. The van der Waals surface area contributed by atoms with Crippen molar-refractivity contribution in [2.45, 2.75) is 53.0 Å². The van der Waals surface area contributed by atoms with Gasteiger partial charge < -0.3 is 10.4 Å². The maximum Gasteiger partial charge on any atom is 0.326 e. The van der Waals surface area contributed by atoms with E-state index < -0.39 is 17.9 Å². The molecule has 1 rings (SSSR count). The van der Waals surface area contributed by atoms with Crippen molar-refractivity contribution >= 4 is 29.0 Å². The zero-order valence-corrected chi connectivity index (χ0v) is 14.3. The van der Waals surface area contributed by atoms with Gasteiger partial charge in [-0.05, 0) is 32.3 Å². The quantitative estimate of drug-likeness (QED) is 0.720. The van der Waals surface area contributed by atoms with Gasteiger partial charge in [0.25, 0.3) is 0 Å². The number of amides is 1. The van der Waals surface area contributed by atoms with Crippen LogP contribution in [0.3, 0.4) is 0 Å². The Labute approximate surface area is 134 Å². The van der Waals surface area contributed by atoms with Gasteiger partial charge in [0.05, 0.1) is 0 Å². The number of thiophene rings is 1. The Kier molecular flexibility index (Phi) is 6.74. The van der Waals surface area contributed by atoms with E-state index in [4.69, 9.17) is 5.11 Å². The van der Waals surface area contributed by atoms with Crippen molar-refractivity contribution in [1.29, 1.82) is 0 Å². The first-order valence-corrected chi connectivity index (χ1v) is 8.14. The van der Waals surface area contributed by atoms with Gasteiger partial charge in [0.2, 0.25) is 5.91 Å². The topological polar surface area (TPSA) is 83.5 Å². The van der Waals surface area contributed by atoms with Crippen molar-refractivity contribution in [3.05, 3.63) is 21.4 Å². The van der Waals surface area contributed by atoms with Crippen LogP contribution in [0.4, 0.5) is 0 Å². The predicted octanol–water partition coefficient (Wildman–Crippen LogP) is 2.94. The molecule has 5 nitrogen and oxygen atoms in total. The van der Waals surface area contributed by atoms with Crippen LogP contribution in [0.25, 0.3) is 0 Å². The van der Waals surface area contributed by atoms with Crippen LogP contribution in [-0.2, 0) is 9.59 Å². The molecule has 1 aromatic heterocycles. The summed E-state index contributed by atoms with van der Waals surface area (Å²) in [4.78, 5) is 37.0. The lowest BCUT2D eigenvalue weighted by molar-refractivity contribution is -0.142. The highest BCUT2D eigenvalue weighted by Gasteiger charge is 2.21. The third-order valence-electron chi connectivity index (χ3n) is 3.26. The van der Waals surface area contributed by atoms with E-state index in [0.717, 1.165) is 9.75 Å². The highest BCUT2D eigenvalue weighted by molar-refractivity contribution is 7.12. The third kappa shape index (κ3) is 5.60. The van der Waals surface area contributed by atoms with Crippen molar-refractivity contribution in [2.75, 3.05) is 0 Å². The Morgan fingerprint density at radius 2 is 1.86 bits per heavy atom. The zero-order chi connectivity index (χ0) is 16.9. The fraction of sp³-hybridized carbons (Fsp3) is 0.562. The number of hydrogen-bond donors (Lipinski definition) is 2. The number of rotatable bonds is 8. The zero-order valence-electron chi connectivity index (χ0n) is 13.4. The van der Waals surface area contributed by atoms with Crippen molar-refractivity contribution in [2.24, 2.45) is 5.92 Å². The SMILES string of the molecule is Cc1cc(C(=O)CCC(=O)NC(CC(C)C)C(=O)O)c(C)s1. The summed E-state index contributed by atoms with van der Waals surface area (Å²) >= 11 is 1.55. The lowest BCUT2D eigenvalue weighted by Crippen LogP contribution is -2.41. The molecule has 122 valence electrons. The minimum absolute atomic E-state index is 0.00897. The van der Waals surface area contributed by atoms with Crippen LogP contribution in [0, 0.1) is 19.8 Å². The molecule has 1 atom stereocenters. The number of carboxylic acid groups (broad SMARTS) is 1. The molecule has 6 heteroatoms. The first-order valence-electron chi connectivity index (χ1n) is 7.33. The summed E-state index contributed by atoms with van der Waals surface area (Å²) in [6, 6.07) is 0.937. The van der Waals surface area contributed by atoms with Crippen LogP contribution >= 0.6 is 11.3 Å². The van der Waals surface area contributed by atoms with Crippen LogP contribution < -0.4 is 5.32 Å². The minimum Gasteiger partial charge on any atom is -0.480 e. The molecule has 1 amide bonds. The normalized spacial score (nSPS) is 12.2. The summed E-state index contributed by atoms with van der Waals surface area (Å²) < 4.78 is 0. The van der Waals surface area contributed by atoms with E-state index in [1.807, 2.05) is 33.8 Å². The molecule has 0 aliphatic rings. The fourth-order valence-corrected chi connectivity index (χ4v) is 3.17. The van der Waals surface area contributed by atoms with Crippen LogP contribution in [0.5, 0.6) is 0 Å². The van der Waals surface area contributed by atoms with E-state index in [1.165, 1.54) is 0 Å². The molecule has 2 N–H and O–H groups in total. The summed E-state index contributed by atoms with van der Waals surface area (Å²) in [6.45, 7) is 7.61.